The lowest BCUT2D eigenvalue weighted by Crippen LogP contribution is -2.48. The van der Waals surface area contributed by atoms with E-state index in [9.17, 15) is 9.90 Å². The number of amides is 2. The summed E-state index contributed by atoms with van der Waals surface area (Å²) in [5.74, 6) is 1.43. The van der Waals surface area contributed by atoms with Gasteiger partial charge in [-0.1, -0.05) is 12.1 Å². The predicted octanol–water partition coefficient (Wildman–Crippen LogP) is 1.92. The van der Waals surface area contributed by atoms with Gasteiger partial charge in [-0.25, -0.2) is 14.5 Å². The molecule has 0 unspecified atom stereocenters. The number of nitrogens with zero attached hydrogens (tertiary/aromatic N) is 3. The number of aliphatic hydroxyl groups is 1. The van der Waals surface area contributed by atoms with Crippen LogP contribution < -0.4 is 10.6 Å². The second-order valence-corrected chi connectivity index (χ2v) is 6.02. The van der Waals surface area contributed by atoms with Crippen molar-refractivity contribution in [1.29, 1.82) is 0 Å². The number of rotatable bonds is 4. The zero-order valence-electron chi connectivity index (χ0n) is 13.3. The summed E-state index contributed by atoms with van der Waals surface area (Å²) in [6, 6.07) is 7.07. The molecule has 3 rings (SSSR count). The minimum atomic E-state index is -0.740. The molecule has 1 aliphatic rings. The lowest BCUT2D eigenvalue weighted by atomic mass is 9.80. The number of hydrogen-bond donors (Lipinski definition) is 3. The van der Waals surface area contributed by atoms with Crippen molar-refractivity contribution in [3.63, 3.8) is 0 Å². The fourth-order valence-corrected chi connectivity index (χ4v) is 2.69. The number of para-hydroxylation sites is 2. The molecule has 0 aliphatic heterocycles. The number of nitrogens with one attached hydrogen (secondary N) is 2. The van der Waals surface area contributed by atoms with Crippen LogP contribution in [0.25, 0.3) is 5.69 Å². The molecule has 0 saturated heterocycles. The Morgan fingerprint density at radius 3 is 2.70 bits per heavy atom. The maximum Gasteiger partial charge on any atom is 0.319 e. The highest BCUT2D eigenvalue weighted by Crippen LogP contribution is 2.30. The van der Waals surface area contributed by atoms with E-state index in [0.29, 0.717) is 11.5 Å². The van der Waals surface area contributed by atoms with Crippen LogP contribution in [-0.2, 0) is 0 Å². The third kappa shape index (κ3) is 3.34. The number of anilines is 1. The molecule has 1 aromatic heterocycles. The van der Waals surface area contributed by atoms with Crippen molar-refractivity contribution >= 4 is 11.7 Å². The summed E-state index contributed by atoms with van der Waals surface area (Å²) in [5, 5.41) is 19.9. The third-order valence-corrected chi connectivity index (χ3v) is 4.12. The Hall–Kier alpha value is -2.41. The first kappa shape index (κ1) is 15.5. The van der Waals surface area contributed by atoms with E-state index in [1.807, 2.05) is 38.1 Å². The van der Waals surface area contributed by atoms with E-state index >= 15 is 0 Å². The molecule has 7 heteroatoms. The first-order chi connectivity index (χ1) is 11.0. The Balaban J connectivity index is 1.73. The quantitative estimate of drug-likeness (QED) is 0.804. The Morgan fingerprint density at radius 2 is 2.09 bits per heavy atom. The van der Waals surface area contributed by atoms with Gasteiger partial charge in [0.05, 0.1) is 17.0 Å². The molecule has 0 spiro atoms. The average Bonchev–Trinajstić information content (AvgIpc) is 2.82. The third-order valence-electron chi connectivity index (χ3n) is 4.12. The zero-order valence-corrected chi connectivity index (χ0v) is 13.3. The molecule has 1 saturated carbocycles. The standard InChI is InChI=1S/C16H21N5O2/c1-11-18-12(2)21(20-11)14-7-4-3-6-13(14)19-15(22)17-10-16(23)8-5-9-16/h3-4,6-7,23H,5,8-10H2,1-2H3,(H2,17,19,22). The summed E-state index contributed by atoms with van der Waals surface area (Å²) in [6.45, 7) is 3.96. The van der Waals surface area contributed by atoms with Gasteiger partial charge in [-0.15, -0.1) is 0 Å². The van der Waals surface area contributed by atoms with Gasteiger partial charge in [-0.05, 0) is 45.2 Å². The van der Waals surface area contributed by atoms with E-state index in [2.05, 4.69) is 20.7 Å². The zero-order chi connectivity index (χ0) is 16.4. The molecule has 7 nitrogen and oxygen atoms in total. The lowest BCUT2D eigenvalue weighted by Gasteiger charge is -2.36. The minimum absolute atomic E-state index is 0.266. The molecule has 2 amide bonds. The van der Waals surface area contributed by atoms with Gasteiger partial charge in [0.25, 0.3) is 0 Å². The summed E-state index contributed by atoms with van der Waals surface area (Å²) in [7, 11) is 0. The number of hydrogen-bond acceptors (Lipinski definition) is 4. The molecular weight excluding hydrogens is 294 g/mol. The highest BCUT2D eigenvalue weighted by Gasteiger charge is 2.34. The van der Waals surface area contributed by atoms with Gasteiger partial charge in [0.15, 0.2) is 0 Å². The molecule has 0 radical (unpaired) electrons. The normalized spacial score (nSPS) is 15.8. The molecule has 1 aromatic carbocycles. The maximum atomic E-state index is 12.1. The molecule has 2 aromatic rings. The monoisotopic (exact) mass is 315 g/mol. The van der Waals surface area contributed by atoms with Gasteiger partial charge < -0.3 is 15.7 Å². The van der Waals surface area contributed by atoms with Crippen molar-refractivity contribution in [2.75, 3.05) is 11.9 Å². The van der Waals surface area contributed by atoms with Gasteiger partial charge >= 0.3 is 6.03 Å². The van der Waals surface area contributed by atoms with Crippen LogP contribution in [-0.4, -0.2) is 38.0 Å². The number of aryl methyl sites for hydroxylation is 2. The predicted molar refractivity (Wildman–Crippen MR) is 86.7 cm³/mol. The van der Waals surface area contributed by atoms with Gasteiger partial charge in [-0.3, -0.25) is 0 Å². The SMILES string of the molecule is Cc1nc(C)n(-c2ccccc2NC(=O)NCC2(O)CCC2)n1. The Morgan fingerprint density at radius 1 is 1.35 bits per heavy atom. The van der Waals surface area contributed by atoms with Crippen LogP contribution in [0.4, 0.5) is 10.5 Å². The molecule has 122 valence electrons. The highest BCUT2D eigenvalue weighted by atomic mass is 16.3. The Bertz CT molecular complexity index is 721. The van der Waals surface area contributed by atoms with Gasteiger partial charge in [-0.2, -0.15) is 5.10 Å². The first-order valence-corrected chi connectivity index (χ1v) is 7.74. The lowest BCUT2D eigenvalue weighted by molar-refractivity contribution is -0.0287. The average molecular weight is 315 g/mol. The number of carbonyl (C=O) groups excluding carboxylic acids is 1. The van der Waals surface area contributed by atoms with Crippen molar-refractivity contribution < 1.29 is 9.90 Å². The second kappa shape index (κ2) is 6.00. The van der Waals surface area contributed by atoms with Gasteiger partial charge in [0, 0.05) is 6.54 Å². The number of aromatic nitrogens is 3. The van der Waals surface area contributed by atoms with Crippen molar-refractivity contribution in [3.05, 3.63) is 35.9 Å². The maximum absolute atomic E-state index is 12.1. The van der Waals surface area contributed by atoms with Crippen LogP contribution in [0.1, 0.15) is 30.9 Å². The van der Waals surface area contributed by atoms with Crippen LogP contribution in [0.2, 0.25) is 0 Å². The van der Waals surface area contributed by atoms with Crippen LogP contribution in [0.5, 0.6) is 0 Å². The smallest absolute Gasteiger partial charge is 0.319 e. The molecule has 0 atom stereocenters. The number of carbonyl (C=O) groups is 1. The van der Waals surface area contributed by atoms with Crippen LogP contribution in [0.3, 0.4) is 0 Å². The van der Waals surface area contributed by atoms with Crippen molar-refractivity contribution in [2.45, 2.75) is 38.7 Å². The molecule has 1 fully saturated rings. The molecule has 1 aliphatic carbocycles. The molecular formula is C16H21N5O2. The summed E-state index contributed by atoms with van der Waals surface area (Å²) < 4.78 is 1.70. The van der Waals surface area contributed by atoms with Crippen LogP contribution in [0, 0.1) is 13.8 Å². The fourth-order valence-electron chi connectivity index (χ4n) is 2.69. The van der Waals surface area contributed by atoms with E-state index in [-0.39, 0.29) is 12.6 Å². The van der Waals surface area contributed by atoms with E-state index in [0.717, 1.165) is 30.8 Å². The molecule has 23 heavy (non-hydrogen) atoms. The van der Waals surface area contributed by atoms with Crippen molar-refractivity contribution in [2.24, 2.45) is 0 Å². The Kier molecular flexibility index (Phi) is 4.04. The number of urea groups is 1. The second-order valence-electron chi connectivity index (χ2n) is 6.02. The largest absolute Gasteiger partial charge is 0.388 e. The van der Waals surface area contributed by atoms with Crippen LogP contribution >= 0.6 is 0 Å². The Labute approximate surface area is 134 Å². The number of benzene rings is 1. The summed E-state index contributed by atoms with van der Waals surface area (Å²) in [4.78, 5) is 16.4. The molecule has 0 bridgehead atoms. The summed E-state index contributed by atoms with van der Waals surface area (Å²) >= 11 is 0. The van der Waals surface area contributed by atoms with Crippen LogP contribution in [0.15, 0.2) is 24.3 Å². The van der Waals surface area contributed by atoms with Gasteiger partial charge in [0.2, 0.25) is 0 Å². The summed E-state index contributed by atoms with van der Waals surface area (Å²) in [5.41, 5.74) is 0.651. The summed E-state index contributed by atoms with van der Waals surface area (Å²) in [6.07, 6.45) is 2.48. The van der Waals surface area contributed by atoms with E-state index < -0.39 is 5.60 Å². The molecule has 3 N–H and O–H groups in total. The molecule has 1 heterocycles. The van der Waals surface area contributed by atoms with E-state index in [1.54, 1.807) is 4.68 Å². The topological polar surface area (TPSA) is 92.1 Å². The van der Waals surface area contributed by atoms with E-state index in [4.69, 9.17) is 0 Å². The van der Waals surface area contributed by atoms with Gasteiger partial charge in [0.1, 0.15) is 11.6 Å². The van der Waals surface area contributed by atoms with Crippen molar-refractivity contribution in [1.82, 2.24) is 20.1 Å². The first-order valence-electron chi connectivity index (χ1n) is 7.74. The fraction of sp³-hybridized carbons (Fsp3) is 0.438. The highest BCUT2D eigenvalue weighted by molar-refractivity contribution is 5.91. The van der Waals surface area contributed by atoms with E-state index in [1.165, 1.54) is 0 Å². The van der Waals surface area contributed by atoms with Crippen molar-refractivity contribution in [3.8, 4) is 5.69 Å². The minimum Gasteiger partial charge on any atom is -0.388 e.